The van der Waals surface area contributed by atoms with Crippen molar-refractivity contribution in [2.75, 3.05) is 19.8 Å². The van der Waals surface area contributed by atoms with Crippen LogP contribution in [0.1, 0.15) is 0 Å². The van der Waals surface area contributed by atoms with Crippen LogP contribution in [-0.2, 0) is 0 Å². The second-order valence-electron chi connectivity index (χ2n) is 2.35. The summed E-state index contributed by atoms with van der Waals surface area (Å²) in [6.45, 7) is -0.226. The highest BCUT2D eigenvalue weighted by Crippen LogP contribution is 2.11. The summed E-state index contributed by atoms with van der Waals surface area (Å²) in [6, 6.07) is -0.957. The second kappa shape index (κ2) is 3.59. The molecule has 0 saturated carbocycles. The normalized spacial score (nSPS) is 23.6. The SMILES string of the molecule is FCCN1C=NC(C(F)F)C1. The van der Waals surface area contributed by atoms with Gasteiger partial charge in [0.05, 0.1) is 6.34 Å². The van der Waals surface area contributed by atoms with Gasteiger partial charge < -0.3 is 4.90 Å². The van der Waals surface area contributed by atoms with E-state index in [1.54, 1.807) is 0 Å². The Morgan fingerprint density at radius 3 is 2.82 bits per heavy atom. The molecule has 1 aliphatic rings. The largest absolute Gasteiger partial charge is 0.358 e. The summed E-state index contributed by atoms with van der Waals surface area (Å²) in [5, 5.41) is 0. The molecule has 0 aromatic heterocycles. The van der Waals surface area contributed by atoms with E-state index in [1.165, 1.54) is 11.2 Å². The van der Waals surface area contributed by atoms with Gasteiger partial charge in [-0.25, -0.2) is 13.2 Å². The van der Waals surface area contributed by atoms with E-state index in [-0.39, 0.29) is 13.1 Å². The molecule has 2 nitrogen and oxygen atoms in total. The van der Waals surface area contributed by atoms with Crippen LogP contribution < -0.4 is 0 Å². The van der Waals surface area contributed by atoms with Gasteiger partial charge in [-0.05, 0) is 0 Å². The number of nitrogens with zero attached hydrogens (tertiary/aromatic N) is 2. The number of aliphatic imine (C=N–C) groups is 1. The predicted octanol–water partition coefficient (Wildman–Crippen LogP) is 0.933. The topological polar surface area (TPSA) is 15.6 Å². The Morgan fingerprint density at radius 1 is 1.64 bits per heavy atom. The molecule has 0 aromatic carbocycles. The van der Waals surface area contributed by atoms with E-state index in [2.05, 4.69) is 4.99 Å². The van der Waals surface area contributed by atoms with Crippen LogP contribution in [0.4, 0.5) is 13.2 Å². The van der Waals surface area contributed by atoms with Crippen molar-refractivity contribution >= 4 is 6.34 Å². The molecular weight excluding hydrogens is 157 g/mol. The lowest BCUT2D eigenvalue weighted by atomic mass is 10.3. The minimum Gasteiger partial charge on any atom is -0.358 e. The molecule has 11 heavy (non-hydrogen) atoms. The lowest BCUT2D eigenvalue weighted by Gasteiger charge is -2.12. The Balaban J connectivity index is 2.31. The molecule has 1 atom stereocenters. The van der Waals surface area contributed by atoms with Gasteiger partial charge in [0.2, 0.25) is 0 Å². The molecule has 0 fully saturated rings. The standard InChI is InChI=1S/C6H9F3N2/c7-1-2-11-3-5(6(8)9)10-4-11/h4-6H,1-3H2. The fourth-order valence-corrected chi connectivity index (χ4v) is 0.917. The zero-order valence-electron chi connectivity index (χ0n) is 5.88. The third-order valence-electron chi connectivity index (χ3n) is 1.51. The van der Waals surface area contributed by atoms with E-state index < -0.39 is 19.1 Å². The molecule has 5 heteroatoms. The number of alkyl halides is 3. The van der Waals surface area contributed by atoms with Crippen LogP contribution in [0.25, 0.3) is 0 Å². The number of halogens is 3. The summed E-state index contributed by atoms with van der Waals surface area (Å²) in [7, 11) is 0. The van der Waals surface area contributed by atoms with Crippen LogP contribution in [0.2, 0.25) is 0 Å². The fourth-order valence-electron chi connectivity index (χ4n) is 0.917. The average molecular weight is 166 g/mol. The predicted molar refractivity (Wildman–Crippen MR) is 35.8 cm³/mol. The van der Waals surface area contributed by atoms with Crippen molar-refractivity contribution in [2.24, 2.45) is 4.99 Å². The zero-order valence-corrected chi connectivity index (χ0v) is 5.88. The summed E-state index contributed by atoms with van der Waals surface area (Å²) < 4.78 is 35.5. The van der Waals surface area contributed by atoms with Gasteiger partial charge >= 0.3 is 0 Å². The third kappa shape index (κ3) is 2.10. The first-order chi connectivity index (χ1) is 5.24. The smallest absolute Gasteiger partial charge is 0.262 e. The minimum atomic E-state index is -2.43. The molecular formula is C6H9F3N2. The second-order valence-corrected chi connectivity index (χ2v) is 2.35. The first kappa shape index (κ1) is 8.36. The molecule has 1 aliphatic heterocycles. The van der Waals surface area contributed by atoms with Gasteiger partial charge in [0.25, 0.3) is 6.43 Å². The van der Waals surface area contributed by atoms with Gasteiger partial charge in [0.15, 0.2) is 0 Å². The zero-order chi connectivity index (χ0) is 8.27. The van der Waals surface area contributed by atoms with Crippen molar-refractivity contribution in [2.45, 2.75) is 12.5 Å². The maximum absolute atomic E-state index is 11.9. The van der Waals surface area contributed by atoms with Crippen molar-refractivity contribution in [3.8, 4) is 0 Å². The minimum absolute atomic E-state index is 0.140. The van der Waals surface area contributed by atoms with Crippen molar-refractivity contribution in [1.82, 2.24) is 4.90 Å². The highest BCUT2D eigenvalue weighted by Gasteiger charge is 2.25. The molecule has 64 valence electrons. The molecule has 0 bridgehead atoms. The molecule has 0 saturated heterocycles. The summed E-state index contributed by atoms with van der Waals surface area (Å²) in [4.78, 5) is 4.97. The number of hydrogen-bond donors (Lipinski definition) is 0. The summed E-state index contributed by atoms with van der Waals surface area (Å²) in [5.74, 6) is 0. The molecule has 0 aromatic rings. The van der Waals surface area contributed by atoms with Crippen LogP contribution in [-0.4, -0.2) is 43.5 Å². The van der Waals surface area contributed by atoms with Crippen LogP contribution in [0, 0.1) is 0 Å². The molecule has 0 spiro atoms. The van der Waals surface area contributed by atoms with Crippen LogP contribution >= 0.6 is 0 Å². The first-order valence-electron chi connectivity index (χ1n) is 3.35. The Bertz CT molecular complexity index is 149. The molecule has 1 rings (SSSR count). The highest BCUT2D eigenvalue weighted by atomic mass is 19.3. The van der Waals surface area contributed by atoms with E-state index in [9.17, 15) is 13.2 Å². The molecule has 0 amide bonds. The van der Waals surface area contributed by atoms with Gasteiger partial charge in [0.1, 0.15) is 12.7 Å². The molecule has 1 unspecified atom stereocenters. The maximum atomic E-state index is 11.9. The van der Waals surface area contributed by atoms with Crippen LogP contribution in [0.5, 0.6) is 0 Å². The molecule has 1 heterocycles. The van der Waals surface area contributed by atoms with Crippen molar-refractivity contribution in [1.29, 1.82) is 0 Å². The maximum Gasteiger partial charge on any atom is 0.262 e. The van der Waals surface area contributed by atoms with E-state index in [0.717, 1.165) is 0 Å². The molecule has 0 radical (unpaired) electrons. The van der Waals surface area contributed by atoms with Crippen LogP contribution in [0.3, 0.4) is 0 Å². The van der Waals surface area contributed by atoms with Gasteiger partial charge in [-0.2, -0.15) is 0 Å². The van der Waals surface area contributed by atoms with E-state index >= 15 is 0 Å². The molecule has 0 aliphatic carbocycles. The Kier molecular flexibility index (Phi) is 2.73. The first-order valence-corrected chi connectivity index (χ1v) is 3.35. The van der Waals surface area contributed by atoms with Gasteiger partial charge in [-0.15, -0.1) is 0 Å². The summed E-state index contributed by atoms with van der Waals surface area (Å²) >= 11 is 0. The third-order valence-corrected chi connectivity index (χ3v) is 1.51. The Labute approximate surface area is 62.7 Å². The fraction of sp³-hybridized carbons (Fsp3) is 0.833. The van der Waals surface area contributed by atoms with E-state index in [0.29, 0.717) is 0 Å². The monoisotopic (exact) mass is 166 g/mol. The van der Waals surface area contributed by atoms with E-state index in [4.69, 9.17) is 0 Å². The van der Waals surface area contributed by atoms with Gasteiger partial charge in [-0.3, -0.25) is 4.99 Å². The summed E-state index contributed by atoms with van der Waals surface area (Å²) in [5.41, 5.74) is 0. The Morgan fingerprint density at radius 2 is 2.36 bits per heavy atom. The average Bonchev–Trinajstić information content (AvgIpc) is 2.37. The van der Waals surface area contributed by atoms with Crippen LogP contribution in [0.15, 0.2) is 4.99 Å². The van der Waals surface area contributed by atoms with Gasteiger partial charge in [-0.1, -0.05) is 0 Å². The number of hydrogen-bond acceptors (Lipinski definition) is 2. The lowest BCUT2D eigenvalue weighted by Crippen LogP contribution is -2.28. The number of rotatable bonds is 3. The Hall–Kier alpha value is -0.740. The van der Waals surface area contributed by atoms with Gasteiger partial charge in [0, 0.05) is 13.1 Å². The van der Waals surface area contributed by atoms with E-state index in [1.807, 2.05) is 0 Å². The van der Waals surface area contributed by atoms with Crippen molar-refractivity contribution in [3.63, 3.8) is 0 Å². The highest BCUT2D eigenvalue weighted by molar-refractivity contribution is 5.57. The lowest BCUT2D eigenvalue weighted by molar-refractivity contribution is 0.113. The van der Waals surface area contributed by atoms with Crippen molar-refractivity contribution < 1.29 is 13.2 Å². The summed E-state index contributed by atoms with van der Waals surface area (Å²) in [6.07, 6.45) is -1.15. The quantitative estimate of drug-likeness (QED) is 0.609. The van der Waals surface area contributed by atoms with Crippen molar-refractivity contribution in [3.05, 3.63) is 0 Å². The molecule has 0 N–H and O–H groups in total.